The van der Waals surface area contributed by atoms with Crippen molar-refractivity contribution in [2.45, 2.75) is 0 Å². The Morgan fingerprint density at radius 1 is 1.31 bits per heavy atom. The molecule has 0 radical (unpaired) electrons. The normalized spacial score (nSPS) is 9.31. The van der Waals surface area contributed by atoms with E-state index in [1.807, 2.05) is 0 Å². The summed E-state index contributed by atoms with van der Waals surface area (Å²) in [4.78, 5) is 0. The number of benzene rings is 1. The van der Waals surface area contributed by atoms with Crippen LogP contribution in [-0.4, -0.2) is 0 Å². The molecule has 0 nitrogen and oxygen atoms in total. The summed E-state index contributed by atoms with van der Waals surface area (Å²) >= 11 is 0. The van der Waals surface area contributed by atoms with Gasteiger partial charge in [0.25, 0.3) is 0 Å². The second-order valence-electron chi connectivity index (χ2n) is 2.64. The van der Waals surface area contributed by atoms with Crippen molar-refractivity contribution < 1.29 is 4.39 Å². The monoisotopic (exact) mass is 174 g/mol. The van der Waals surface area contributed by atoms with Crippen molar-refractivity contribution in [2.24, 2.45) is 0 Å². The average molecular weight is 174 g/mol. The van der Waals surface area contributed by atoms with Gasteiger partial charge in [-0.25, -0.2) is 4.39 Å². The lowest BCUT2D eigenvalue weighted by Crippen LogP contribution is -1.90. The summed E-state index contributed by atoms with van der Waals surface area (Å²) in [5.41, 5.74) is 1.80. The number of hydrogen-bond donors (Lipinski definition) is 0. The zero-order valence-electron chi connectivity index (χ0n) is 7.39. The standard InChI is InChI=1S/C12H11F/c1-4-9(3)12-10(5-2)7-6-8-11(12)13/h4-8H,1-3H2. The van der Waals surface area contributed by atoms with E-state index in [0.29, 0.717) is 11.1 Å². The summed E-state index contributed by atoms with van der Waals surface area (Å²) in [6.07, 6.45) is 3.14. The number of rotatable bonds is 3. The molecule has 0 fully saturated rings. The van der Waals surface area contributed by atoms with E-state index in [4.69, 9.17) is 0 Å². The third kappa shape index (κ3) is 1.75. The van der Waals surface area contributed by atoms with Crippen LogP contribution in [0, 0.1) is 5.82 Å². The van der Waals surface area contributed by atoms with Crippen LogP contribution < -0.4 is 0 Å². The molecule has 1 rings (SSSR count). The second-order valence-corrected chi connectivity index (χ2v) is 2.64. The van der Waals surface area contributed by atoms with Crippen molar-refractivity contribution in [1.29, 1.82) is 0 Å². The van der Waals surface area contributed by atoms with Gasteiger partial charge in [-0.2, -0.15) is 0 Å². The Bertz CT molecular complexity index is 361. The summed E-state index contributed by atoms with van der Waals surface area (Å²) in [6.45, 7) is 10.9. The van der Waals surface area contributed by atoms with Gasteiger partial charge in [0.05, 0.1) is 0 Å². The SMILES string of the molecule is C=CC(=C)c1c(F)cccc1C=C. The van der Waals surface area contributed by atoms with Crippen molar-refractivity contribution in [2.75, 3.05) is 0 Å². The highest BCUT2D eigenvalue weighted by atomic mass is 19.1. The van der Waals surface area contributed by atoms with Crippen LogP contribution in [0.25, 0.3) is 11.6 Å². The molecule has 0 aliphatic heterocycles. The Balaban J connectivity index is 3.38. The van der Waals surface area contributed by atoms with Gasteiger partial charge in [-0.15, -0.1) is 0 Å². The summed E-state index contributed by atoms with van der Waals surface area (Å²) in [7, 11) is 0. The molecular formula is C12H11F. The van der Waals surface area contributed by atoms with E-state index in [9.17, 15) is 4.39 Å². The first kappa shape index (κ1) is 9.46. The summed E-state index contributed by atoms with van der Waals surface area (Å²) in [5, 5.41) is 0. The third-order valence-electron chi connectivity index (χ3n) is 1.83. The zero-order valence-corrected chi connectivity index (χ0v) is 7.39. The minimum Gasteiger partial charge on any atom is -0.206 e. The van der Waals surface area contributed by atoms with E-state index in [0.717, 1.165) is 5.56 Å². The highest BCUT2D eigenvalue weighted by Gasteiger charge is 2.06. The molecule has 66 valence electrons. The Morgan fingerprint density at radius 3 is 2.54 bits per heavy atom. The Kier molecular flexibility index (Phi) is 2.80. The smallest absolute Gasteiger partial charge is 0.131 e. The molecule has 0 heterocycles. The molecule has 0 aromatic heterocycles. The minimum atomic E-state index is -0.290. The Labute approximate surface area is 77.7 Å². The topological polar surface area (TPSA) is 0 Å². The number of halogens is 1. The van der Waals surface area contributed by atoms with Crippen molar-refractivity contribution >= 4 is 11.6 Å². The van der Waals surface area contributed by atoms with Crippen LogP contribution in [0.4, 0.5) is 4.39 Å². The van der Waals surface area contributed by atoms with Gasteiger partial charge < -0.3 is 0 Å². The molecule has 0 unspecified atom stereocenters. The number of allylic oxidation sites excluding steroid dienone is 2. The predicted octanol–water partition coefficient (Wildman–Crippen LogP) is 3.67. The predicted molar refractivity (Wildman–Crippen MR) is 55.7 cm³/mol. The van der Waals surface area contributed by atoms with Gasteiger partial charge in [-0.1, -0.05) is 44.0 Å². The van der Waals surface area contributed by atoms with Crippen molar-refractivity contribution in [3.05, 3.63) is 61.0 Å². The Hall–Kier alpha value is -1.63. The fourth-order valence-electron chi connectivity index (χ4n) is 1.15. The maximum Gasteiger partial charge on any atom is 0.131 e. The molecule has 0 N–H and O–H groups in total. The van der Waals surface area contributed by atoms with E-state index >= 15 is 0 Å². The fraction of sp³-hybridized carbons (Fsp3) is 0. The van der Waals surface area contributed by atoms with Gasteiger partial charge in [-0.05, 0) is 17.2 Å². The van der Waals surface area contributed by atoms with Gasteiger partial charge in [0, 0.05) is 5.56 Å². The molecule has 0 spiro atoms. The lowest BCUT2D eigenvalue weighted by molar-refractivity contribution is 0.624. The lowest BCUT2D eigenvalue weighted by Gasteiger charge is -2.06. The van der Waals surface area contributed by atoms with Crippen LogP contribution in [0.1, 0.15) is 11.1 Å². The molecule has 0 amide bonds. The van der Waals surface area contributed by atoms with E-state index in [2.05, 4.69) is 19.7 Å². The molecule has 13 heavy (non-hydrogen) atoms. The average Bonchev–Trinajstić information content (AvgIpc) is 2.16. The van der Waals surface area contributed by atoms with Crippen molar-refractivity contribution in [3.8, 4) is 0 Å². The van der Waals surface area contributed by atoms with Crippen LogP contribution in [0.15, 0.2) is 44.0 Å². The first-order chi connectivity index (χ1) is 6.20. The van der Waals surface area contributed by atoms with E-state index in [1.54, 1.807) is 18.2 Å². The summed E-state index contributed by atoms with van der Waals surface area (Å²) in [6, 6.07) is 4.84. The second kappa shape index (κ2) is 3.85. The summed E-state index contributed by atoms with van der Waals surface area (Å²) < 4.78 is 13.3. The third-order valence-corrected chi connectivity index (χ3v) is 1.83. The first-order valence-electron chi connectivity index (χ1n) is 3.93. The highest BCUT2D eigenvalue weighted by molar-refractivity contribution is 5.78. The maximum absolute atomic E-state index is 13.3. The van der Waals surface area contributed by atoms with Gasteiger partial charge in [0.2, 0.25) is 0 Å². The van der Waals surface area contributed by atoms with E-state index < -0.39 is 0 Å². The van der Waals surface area contributed by atoms with Crippen LogP contribution in [-0.2, 0) is 0 Å². The Morgan fingerprint density at radius 2 is 2.00 bits per heavy atom. The molecule has 0 bridgehead atoms. The van der Waals surface area contributed by atoms with Gasteiger partial charge in [-0.3, -0.25) is 0 Å². The molecule has 0 aliphatic rings. The molecule has 1 aromatic rings. The quantitative estimate of drug-likeness (QED) is 0.613. The van der Waals surface area contributed by atoms with Gasteiger partial charge in [0.1, 0.15) is 5.82 Å². The molecule has 0 atom stereocenters. The van der Waals surface area contributed by atoms with Crippen molar-refractivity contribution in [1.82, 2.24) is 0 Å². The van der Waals surface area contributed by atoms with E-state index in [-0.39, 0.29) is 5.82 Å². The number of hydrogen-bond acceptors (Lipinski definition) is 0. The highest BCUT2D eigenvalue weighted by Crippen LogP contribution is 2.22. The molecule has 0 saturated heterocycles. The van der Waals surface area contributed by atoms with Crippen LogP contribution in [0.3, 0.4) is 0 Å². The molecule has 1 heteroatoms. The van der Waals surface area contributed by atoms with Crippen LogP contribution in [0.2, 0.25) is 0 Å². The largest absolute Gasteiger partial charge is 0.206 e. The van der Waals surface area contributed by atoms with Gasteiger partial charge >= 0.3 is 0 Å². The maximum atomic E-state index is 13.3. The lowest BCUT2D eigenvalue weighted by atomic mass is 10.0. The fourth-order valence-corrected chi connectivity index (χ4v) is 1.15. The molecule has 1 aromatic carbocycles. The molecular weight excluding hydrogens is 163 g/mol. The first-order valence-corrected chi connectivity index (χ1v) is 3.93. The van der Waals surface area contributed by atoms with Gasteiger partial charge in [0.15, 0.2) is 0 Å². The summed E-state index contributed by atoms with van der Waals surface area (Å²) in [5.74, 6) is -0.290. The van der Waals surface area contributed by atoms with Crippen LogP contribution >= 0.6 is 0 Å². The zero-order chi connectivity index (χ0) is 9.84. The van der Waals surface area contributed by atoms with Crippen LogP contribution in [0.5, 0.6) is 0 Å². The minimum absolute atomic E-state index is 0.290. The molecule has 0 saturated carbocycles. The molecule has 0 aliphatic carbocycles. The van der Waals surface area contributed by atoms with E-state index in [1.165, 1.54) is 12.1 Å². The van der Waals surface area contributed by atoms with Crippen molar-refractivity contribution in [3.63, 3.8) is 0 Å².